The summed E-state index contributed by atoms with van der Waals surface area (Å²) in [6, 6.07) is 17.4. The Morgan fingerprint density at radius 1 is 0.609 bits per heavy atom. The molecule has 0 aliphatic rings. The molecule has 0 spiro atoms. The van der Waals surface area contributed by atoms with Gasteiger partial charge in [-0.05, 0) is 38.4 Å². The number of benzene rings is 2. The summed E-state index contributed by atoms with van der Waals surface area (Å²) in [7, 11) is 3.00. The van der Waals surface area contributed by atoms with Gasteiger partial charge in [0.2, 0.25) is 0 Å². The van der Waals surface area contributed by atoms with Crippen molar-refractivity contribution >= 4 is 0 Å². The van der Waals surface area contributed by atoms with Crippen molar-refractivity contribution in [1.29, 1.82) is 0 Å². The van der Waals surface area contributed by atoms with Crippen molar-refractivity contribution in [2.75, 3.05) is 20.9 Å². The number of hydrogen-bond acceptors (Lipinski definition) is 6. The van der Waals surface area contributed by atoms with Gasteiger partial charge in [0.1, 0.15) is 18.3 Å². The average molecular weight is 476 g/mol. The number of hydrogen-bond donors (Lipinski definition) is 6. The molecule has 0 saturated heterocycles. The van der Waals surface area contributed by atoms with Crippen LogP contribution < -0.4 is 11.5 Å². The minimum Gasteiger partial charge on any atom is -0.508 e. The van der Waals surface area contributed by atoms with Gasteiger partial charge in [-0.15, -0.1) is 0 Å². The number of aliphatic hydroxyl groups is 2. The summed E-state index contributed by atoms with van der Waals surface area (Å²) in [6.07, 6.45) is 0. The van der Waals surface area contributed by atoms with Crippen LogP contribution in [0.5, 0.6) is 11.5 Å². The van der Waals surface area contributed by atoms with Crippen LogP contribution in [0.15, 0.2) is 60.7 Å². The van der Waals surface area contributed by atoms with E-state index >= 15 is 0 Å². The number of aromatic hydroxyl groups is 2. The van der Waals surface area contributed by atoms with Crippen LogP contribution in [-0.4, -0.2) is 41.3 Å². The molecule has 0 aliphatic carbocycles. The van der Waals surface area contributed by atoms with Crippen molar-refractivity contribution in [3.05, 3.63) is 60.7 Å². The molecule has 0 atom stereocenters. The van der Waals surface area contributed by atoms with Crippen LogP contribution in [0.2, 0.25) is 0 Å². The van der Waals surface area contributed by atoms with Gasteiger partial charge in [-0.3, -0.25) is 0 Å². The number of para-hydroxylation sites is 2. The van der Waals surface area contributed by atoms with E-state index in [1.807, 2.05) is 12.1 Å². The molecule has 2 radical (unpaired) electrons. The van der Waals surface area contributed by atoms with Crippen molar-refractivity contribution in [2.45, 2.75) is 0 Å². The second-order valence-corrected chi connectivity index (χ2v) is 2.81. The third-order valence-electron chi connectivity index (χ3n) is 1.51. The normalized spacial score (nSPS) is 6.52. The molecule has 8 N–H and O–H groups in total. The smallest absolute Gasteiger partial charge is 0.140 e. The molecule has 126 valence electrons. The van der Waals surface area contributed by atoms with E-state index in [0.717, 1.165) is 0 Å². The van der Waals surface area contributed by atoms with Gasteiger partial charge >= 0.3 is 0 Å². The monoisotopic (exact) mass is 476 g/mol. The Bertz CT molecular complexity index is 344. The molecule has 6 nitrogen and oxygen atoms in total. The SMILES string of the molecule is CN.CN.OCO.Oc1ccccc1.Oc1ccccc1.[Y].[Y]. The second-order valence-electron chi connectivity index (χ2n) is 2.81. The molecular weight excluding hydrogens is 450 g/mol. The Kier molecular flexibility index (Phi) is 50.4. The van der Waals surface area contributed by atoms with Gasteiger partial charge in [0.15, 0.2) is 0 Å². The zero-order valence-electron chi connectivity index (χ0n) is 13.6. The van der Waals surface area contributed by atoms with Gasteiger partial charge in [0.25, 0.3) is 0 Å². The molecular formula is C15H26N2O4Y2. The number of rotatable bonds is 0. The minimum atomic E-state index is -0.750. The molecule has 2 aromatic rings. The van der Waals surface area contributed by atoms with Crippen molar-refractivity contribution in [3.63, 3.8) is 0 Å². The van der Waals surface area contributed by atoms with Gasteiger partial charge in [0, 0.05) is 65.4 Å². The minimum absolute atomic E-state index is 0. The Balaban J connectivity index is -0.0000000642. The van der Waals surface area contributed by atoms with E-state index in [2.05, 4.69) is 11.5 Å². The largest absolute Gasteiger partial charge is 0.508 e. The van der Waals surface area contributed by atoms with E-state index in [1.54, 1.807) is 48.5 Å². The van der Waals surface area contributed by atoms with Crippen LogP contribution in [0.25, 0.3) is 0 Å². The van der Waals surface area contributed by atoms with E-state index in [0.29, 0.717) is 11.5 Å². The van der Waals surface area contributed by atoms with E-state index in [-0.39, 0.29) is 65.4 Å². The van der Waals surface area contributed by atoms with Crippen LogP contribution in [-0.2, 0) is 65.4 Å². The first kappa shape index (κ1) is 34.4. The third-order valence-corrected chi connectivity index (χ3v) is 1.51. The van der Waals surface area contributed by atoms with Crippen LogP contribution in [0.3, 0.4) is 0 Å². The zero-order chi connectivity index (χ0) is 16.9. The summed E-state index contributed by atoms with van der Waals surface area (Å²) in [5, 5.41) is 31.5. The average Bonchev–Trinajstić information content (AvgIpc) is 2.54. The van der Waals surface area contributed by atoms with Crippen molar-refractivity contribution < 1.29 is 85.8 Å². The second kappa shape index (κ2) is 33.6. The molecule has 2 rings (SSSR count). The Labute approximate surface area is 188 Å². The molecule has 0 heterocycles. The van der Waals surface area contributed by atoms with E-state index in [9.17, 15) is 0 Å². The Morgan fingerprint density at radius 2 is 0.783 bits per heavy atom. The summed E-state index contributed by atoms with van der Waals surface area (Å²) in [5.41, 5.74) is 9.00. The summed E-state index contributed by atoms with van der Waals surface area (Å²) >= 11 is 0. The molecule has 0 bridgehead atoms. The summed E-state index contributed by atoms with van der Waals surface area (Å²) < 4.78 is 0. The predicted molar refractivity (Wildman–Crippen MR) is 85.7 cm³/mol. The molecule has 2 aromatic carbocycles. The molecule has 0 aliphatic heterocycles. The van der Waals surface area contributed by atoms with Gasteiger partial charge in [-0.1, -0.05) is 36.4 Å². The molecule has 0 aromatic heterocycles. The van der Waals surface area contributed by atoms with Crippen LogP contribution in [0, 0.1) is 0 Å². The summed E-state index contributed by atoms with van der Waals surface area (Å²) in [4.78, 5) is 0. The summed E-state index contributed by atoms with van der Waals surface area (Å²) in [6.45, 7) is -0.750. The quantitative estimate of drug-likeness (QED) is 0.313. The fourth-order valence-electron chi connectivity index (χ4n) is 0.856. The van der Waals surface area contributed by atoms with E-state index in [1.165, 1.54) is 14.1 Å². The van der Waals surface area contributed by atoms with Gasteiger partial charge in [-0.25, -0.2) is 0 Å². The number of phenolic OH excluding ortho intramolecular Hbond substituents is 2. The summed E-state index contributed by atoms with van der Waals surface area (Å²) in [5.74, 6) is 0.644. The topological polar surface area (TPSA) is 133 Å². The molecule has 8 heteroatoms. The zero-order valence-corrected chi connectivity index (χ0v) is 19.3. The Morgan fingerprint density at radius 3 is 0.870 bits per heavy atom. The molecule has 23 heavy (non-hydrogen) atoms. The maximum atomic E-state index is 8.63. The number of aliphatic hydroxyl groups excluding tert-OH is 1. The molecule has 0 saturated carbocycles. The van der Waals surface area contributed by atoms with Crippen LogP contribution in [0.4, 0.5) is 0 Å². The number of phenols is 2. The van der Waals surface area contributed by atoms with Crippen LogP contribution >= 0.6 is 0 Å². The fraction of sp³-hybridized carbons (Fsp3) is 0.200. The Hall–Kier alpha value is 0.0878. The predicted octanol–water partition coefficient (Wildman–Crippen LogP) is 0.858. The standard InChI is InChI=1S/2C6H6O.2CH5N.CH4O2.2Y/c2*7-6-4-2-1-3-5-6;2*1-2;2-1-3;;/h2*1-5,7H;2*2H2,1H3;2-3H,1H2;;. The fourth-order valence-corrected chi connectivity index (χ4v) is 0.856. The molecule has 0 fully saturated rings. The van der Waals surface area contributed by atoms with Gasteiger partial charge in [0.05, 0.1) is 0 Å². The first-order valence-corrected chi connectivity index (χ1v) is 6.06. The van der Waals surface area contributed by atoms with E-state index < -0.39 is 6.79 Å². The maximum absolute atomic E-state index is 8.63. The maximum Gasteiger partial charge on any atom is 0.140 e. The molecule has 0 amide bonds. The number of nitrogens with two attached hydrogens (primary N) is 2. The van der Waals surface area contributed by atoms with Crippen molar-refractivity contribution in [3.8, 4) is 11.5 Å². The van der Waals surface area contributed by atoms with Gasteiger partial charge in [-0.2, -0.15) is 0 Å². The van der Waals surface area contributed by atoms with Crippen LogP contribution in [0.1, 0.15) is 0 Å². The third kappa shape index (κ3) is 34.4. The van der Waals surface area contributed by atoms with Crippen molar-refractivity contribution in [1.82, 2.24) is 0 Å². The first-order valence-electron chi connectivity index (χ1n) is 6.06. The van der Waals surface area contributed by atoms with Crippen molar-refractivity contribution in [2.24, 2.45) is 11.5 Å². The van der Waals surface area contributed by atoms with Gasteiger partial charge < -0.3 is 31.9 Å². The molecule has 0 unspecified atom stereocenters. The van der Waals surface area contributed by atoms with E-state index in [4.69, 9.17) is 20.4 Å². The first-order chi connectivity index (χ1) is 10.2.